The van der Waals surface area contributed by atoms with Gasteiger partial charge >= 0.3 is 5.97 Å². The molecule has 9 heteroatoms. The summed E-state index contributed by atoms with van der Waals surface area (Å²) >= 11 is 9.80. The zero-order valence-electron chi connectivity index (χ0n) is 21.8. The van der Waals surface area contributed by atoms with E-state index in [4.69, 9.17) is 21.3 Å². The van der Waals surface area contributed by atoms with E-state index in [-0.39, 0.29) is 35.0 Å². The van der Waals surface area contributed by atoms with Crippen molar-refractivity contribution in [3.05, 3.63) is 93.4 Å². The van der Waals surface area contributed by atoms with Gasteiger partial charge in [-0.2, -0.15) is 0 Å². The number of rotatable bonds is 6. The van der Waals surface area contributed by atoms with Gasteiger partial charge in [-0.1, -0.05) is 76.8 Å². The summed E-state index contributed by atoms with van der Waals surface area (Å²) < 4.78 is 6.25. The van der Waals surface area contributed by atoms with E-state index in [1.807, 2.05) is 0 Å². The van der Waals surface area contributed by atoms with Crippen molar-refractivity contribution in [2.24, 2.45) is 11.8 Å². The van der Waals surface area contributed by atoms with Crippen molar-refractivity contribution in [2.75, 3.05) is 11.5 Å². The number of ketones is 1. The Hall–Kier alpha value is -3.88. The van der Waals surface area contributed by atoms with Gasteiger partial charge < -0.3 is 4.74 Å². The van der Waals surface area contributed by atoms with Gasteiger partial charge in [0.25, 0.3) is 0 Å². The summed E-state index contributed by atoms with van der Waals surface area (Å²) in [5.74, 6) is -1.74. The van der Waals surface area contributed by atoms with Gasteiger partial charge in [-0.25, -0.2) is 9.78 Å². The number of esters is 1. The number of halogens is 2. The third-order valence-electron chi connectivity index (χ3n) is 7.77. The van der Waals surface area contributed by atoms with Crippen LogP contribution in [0.1, 0.15) is 46.4 Å². The van der Waals surface area contributed by atoms with E-state index in [9.17, 15) is 19.2 Å². The zero-order chi connectivity index (χ0) is 28.7. The second kappa shape index (κ2) is 11.2. The molecule has 0 N–H and O–H groups in total. The largest absolute Gasteiger partial charge is 0.454 e. The van der Waals surface area contributed by atoms with Crippen LogP contribution in [-0.4, -0.2) is 35.2 Å². The van der Waals surface area contributed by atoms with E-state index in [1.54, 1.807) is 72.8 Å². The first-order valence-electron chi connectivity index (χ1n) is 13.4. The number of amides is 2. The molecule has 2 atom stereocenters. The molecule has 0 bridgehead atoms. The molecular weight excluding hydrogens is 608 g/mol. The van der Waals surface area contributed by atoms with Gasteiger partial charge in [0, 0.05) is 21.0 Å². The molecule has 41 heavy (non-hydrogen) atoms. The molecule has 1 saturated heterocycles. The SMILES string of the molecule is O=C(COC(=O)c1cc(-c2ccc(N3C(=O)[C@@H]4CCCC[C@H]4C3=O)cc2)nc2c(Cl)cccc12)c1ccc(Br)cc1. The van der Waals surface area contributed by atoms with Crippen LogP contribution >= 0.6 is 27.5 Å². The van der Waals surface area contributed by atoms with E-state index in [1.165, 1.54) is 4.90 Å². The molecule has 1 saturated carbocycles. The normalized spacial score (nSPS) is 18.4. The number of para-hydroxylation sites is 1. The summed E-state index contributed by atoms with van der Waals surface area (Å²) in [6, 6.07) is 20.5. The van der Waals surface area contributed by atoms with Gasteiger partial charge in [0.15, 0.2) is 12.4 Å². The fraction of sp³-hybridized carbons (Fsp3) is 0.219. The van der Waals surface area contributed by atoms with E-state index in [0.717, 1.165) is 30.2 Å². The minimum atomic E-state index is -0.682. The fourth-order valence-corrected chi connectivity index (χ4v) is 6.14. The lowest BCUT2D eigenvalue weighted by Gasteiger charge is -2.19. The quantitative estimate of drug-likeness (QED) is 0.129. The van der Waals surface area contributed by atoms with E-state index < -0.39 is 12.6 Å². The highest BCUT2D eigenvalue weighted by Gasteiger charge is 2.48. The Morgan fingerprint density at radius 2 is 1.59 bits per heavy atom. The lowest BCUT2D eigenvalue weighted by Crippen LogP contribution is -2.30. The van der Waals surface area contributed by atoms with Crippen molar-refractivity contribution in [3.63, 3.8) is 0 Å². The number of carbonyl (C=O) groups is 4. The number of carbonyl (C=O) groups excluding carboxylic acids is 4. The molecule has 3 aromatic carbocycles. The molecule has 7 nitrogen and oxygen atoms in total. The fourth-order valence-electron chi connectivity index (χ4n) is 5.66. The number of fused-ring (bicyclic) bond motifs is 2. The molecule has 6 rings (SSSR count). The summed E-state index contributed by atoms with van der Waals surface area (Å²) in [6.07, 6.45) is 3.43. The molecule has 0 spiro atoms. The maximum absolute atomic E-state index is 13.2. The predicted octanol–water partition coefficient (Wildman–Crippen LogP) is 7.04. The van der Waals surface area contributed by atoms with Gasteiger partial charge in [-0.15, -0.1) is 0 Å². The van der Waals surface area contributed by atoms with E-state index in [0.29, 0.717) is 38.4 Å². The smallest absolute Gasteiger partial charge is 0.339 e. The highest BCUT2D eigenvalue weighted by molar-refractivity contribution is 9.10. The van der Waals surface area contributed by atoms with Crippen LogP contribution in [0.4, 0.5) is 5.69 Å². The number of hydrogen-bond acceptors (Lipinski definition) is 6. The van der Waals surface area contributed by atoms with E-state index >= 15 is 0 Å². The minimum absolute atomic E-state index is 0.134. The van der Waals surface area contributed by atoms with Crippen LogP contribution in [-0.2, 0) is 14.3 Å². The molecule has 0 radical (unpaired) electrons. The van der Waals surface area contributed by atoms with Crippen LogP contribution in [0.5, 0.6) is 0 Å². The Bertz CT molecular complexity index is 1680. The topological polar surface area (TPSA) is 93.6 Å². The number of nitrogens with zero attached hydrogens (tertiary/aromatic N) is 2. The number of ether oxygens (including phenoxy) is 1. The molecule has 2 aliphatic rings. The number of pyridine rings is 1. The molecular formula is C32H24BrClN2O5. The summed E-state index contributed by atoms with van der Waals surface area (Å²) in [5.41, 5.74) is 2.69. The Morgan fingerprint density at radius 1 is 0.927 bits per heavy atom. The number of anilines is 1. The molecule has 2 heterocycles. The predicted molar refractivity (Wildman–Crippen MR) is 159 cm³/mol. The van der Waals surface area contributed by atoms with Crippen molar-refractivity contribution >= 4 is 67.7 Å². The highest BCUT2D eigenvalue weighted by Crippen LogP contribution is 2.40. The standard InChI is InChI=1S/C32H24BrClN2O5/c33-20-12-8-19(9-13-20)28(37)17-41-32(40)25-16-27(35-29-22(25)6-3-7-26(29)34)18-10-14-21(15-11-18)36-30(38)23-4-1-2-5-24(23)31(36)39/h3,6-16,23-24H,1-2,4-5,17H2/t23-,24-/m1/s1. The molecule has 1 aliphatic carbocycles. The number of Topliss-reactive ketones (excluding diaryl/α,β-unsaturated/α-hetero) is 1. The molecule has 4 aromatic rings. The van der Waals surface area contributed by atoms with Crippen molar-refractivity contribution in [1.82, 2.24) is 4.98 Å². The van der Waals surface area contributed by atoms with Gasteiger partial charge in [-0.05, 0) is 49.2 Å². The number of aromatic nitrogens is 1. The average molecular weight is 632 g/mol. The number of hydrogen-bond donors (Lipinski definition) is 0. The molecule has 2 fully saturated rings. The van der Waals surface area contributed by atoms with Crippen molar-refractivity contribution < 1.29 is 23.9 Å². The monoisotopic (exact) mass is 630 g/mol. The summed E-state index contributed by atoms with van der Waals surface area (Å²) in [7, 11) is 0. The average Bonchev–Trinajstić information content (AvgIpc) is 3.25. The van der Waals surface area contributed by atoms with Crippen LogP contribution < -0.4 is 4.90 Å². The minimum Gasteiger partial charge on any atom is -0.454 e. The number of benzene rings is 3. The first-order chi connectivity index (χ1) is 19.8. The Morgan fingerprint density at radius 3 is 2.24 bits per heavy atom. The van der Waals surface area contributed by atoms with Crippen LogP contribution in [0.2, 0.25) is 5.02 Å². The van der Waals surface area contributed by atoms with Gasteiger partial charge in [0.1, 0.15) is 0 Å². The van der Waals surface area contributed by atoms with Gasteiger partial charge in [0.05, 0.1) is 39.3 Å². The molecule has 1 aliphatic heterocycles. The van der Waals surface area contributed by atoms with Crippen molar-refractivity contribution in [2.45, 2.75) is 25.7 Å². The van der Waals surface area contributed by atoms with Gasteiger partial charge in [-0.3, -0.25) is 19.3 Å². The third-order valence-corrected chi connectivity index (χ3v) is 8.61. The lowest BCUT2D eigenvalue weighted by molar-refractivity contribution is -0.122. The molecule has 1 aromatic heterocycles. The maximum atomic E-state index is 13.2. The van der Waals surface area contributed by atoms with Crippen LogP contribution in [0.15, 0.2) is 77.3 Å². The number of imide groups is 1. The first kappa shape index (κ1) is 27.3. The lowest BCUT2D eigenvalue weighted by atomic mass is 9.81. The van der Waals surface area contributed by atoms with Crippen LogP contribution in [0.25, 0.3) is 22.2 Å². The molecule has 0 unspecified atom stereocenters. The maximum Gasteiger partial charge on any atom is 0.339 e. The summed E-state index contributed by atoms with van der Waals surface area (Å²) in [6.45, 7) is -0.422. The second-order valence-electron chi connectivity index (χ2n) is 10.3. The van der Waals surface area contributed by atoms with Crippen molar-refractivity contribution in [1.29, 1.82) is 0 Å². The highest BCUT2D eigenvalue weighted by atomic mass is 79.9. The Labute approximate surface area is 249 Å². The summed E-state index contributed by atoms with van der Waals surface area (Å²) in [5, 5.41) is 0.853. The van der Waals surface area contributed by atoms with Gasteiger partial charge in [0.2, 0.25) is 11.8 Å². The Kier molecular flexibility index (Phi) is 7.45. The zero-order valence-corrected chi connectivity index (χ0v) is 24.2. The van der Waals surface area contributed by atoms with E-state index in [2.05, 4.69) is 15.9 Å². The van der Waals surface area contributed by atoms with Crippen molar-refractivity contribution in [3.8, 4) is 11.3 Å². The van der Waals surface area contributed by atoms with Crippen LogP contribution in [0, 0.1) is 11.8 Å². The summed E-state index contributed by atoms with van der Waals surface area (Å²) in [4.78, 5) is 57.9. The van der Waals surface area contributed by atoms with Crippen LogP contribution in [0.3, 0.4) is 0 Å². The molecule has 206 valence electrons. The molecule has 2 amide bonds. The third kappa shape index (κ3) is 5.18. The first-order valence-corrected chi connectivity index (χ1v) is 14.5. The second-order valence-corrected chi connectivity index (χ2v) is 11.6. The Balaban J connectivity index is 1.28.